The molecule has 0 aromatic carbocycles. The number of rotatable bonds is 1. The predicted octanol–water partition coefficient (Wildman–Crippen LogP) is 4.26. The number of hydrogen-bond acceptors (Lipinski definition) is 2. The molecule has 1 saturated heterocycles. The molecular weight excluding hydrogens is 288 g/mol. The van der Waals surface area contributed by atoms with Crippen LogP contribution in [-0.4, -0.2) is 17.1 Å². The first-order chi connectivity index (χ1) is 7.59. The third-order valence-electron chi connectivity index (χ3n) is 3.23. The molecule has 1 aromatic heterocycles. The van der Waals surface area contributed by atoms with Gasteiger partial charge in [0.1, 0.15) is 5.82 Å². The van der Waals surface area contributed by atoms with Crippen molar-refractivity contribution in [3.05, 3.63) is 21.8 Å². The molecular formula is C12H16BrClN2. The minimum Gasteiger partial charge on any atom is -0.350 e. The Labute approximate surface area is 110 Å². The maximum absolute atomic E-state index is 6.26. The highest BCUT2D eigenvalue weighted by atomic mass is 79.9. The third kappa shape index (κ3) is 2.35. The summed E-state index contributed by atoms with van der Waals surface area (Å²) in [6.45, 7) is 4.49. The van der Waals surface area contributed by atoms with Gasteiger partial charge in [0, 0.05) is 22.8 Å². The number of nitrogens with zero attached hydrogens (tertiary/aromatic N) is 2. The van der Waals surface area contributed by atoms with E-state index in [-0.39, 0.29) is 0 Å². The van der Waals surface area contributed by atoms with E-state index in [9.17, 15) is 0 Å². The van der Waals surface area contributed by atoms with Crippen LogP contribution in [0.2, 0.25) is 5.02 Å². The maximum atomic E-state index is 6.26. The summed E-state index contributed by atoms with van der Waals surface area (Å²) in [5.74, 6) is 0.921. The first-order valence-corrected chi connectivity index (χ1v) is 6.86. The Balaban J connectivity index is 2.34. The number of hydrogen-bond donors (Lipinski definition) is 0. The second-order valence-electron chi connectivity index (χ2n) is 4.50. The van der Waals surface area contributed by atoms with Crippen LogP contribution in [0, 0.1) is 0 Å². The lowest BCUT2D eigenvalue weighted by molar-refractivity contribution is 0.411. The Kier molecular flexibility index (Phi) is 3.75. The molecule has 2 atom stereocenters. The molecule has 4 heteroatoms. The van der Waals surface area contributed by atoms with Crippen LogP contribution in [0.25, 0.3) is 0 Å². The molecule has 1 aromatic rings. The molecule has 88 valence electrons. The lowest BCUT2D eigenvalue weighted by Crippen LogP contribution is -2.44. The number of halogens is 2. The van der Waals surface area contributed by atoms with Crippen LogP contribution in [0.1, 0.15) is 33.1 Å². The number of anilines is 1. The van der Waals surface area contributed by atoms with Crippen LogP contribution in [-0.2, 0) is 0 Å². The smallest absolute Gasteiger partial charge is 0.147 e. The second-order valence-corrected chi connectivity index (χ2v) is 5.82. The molecule has 0 N–H and O–H groups in total. The van der Waals surface area contributed by atoms with Gasteiger partial charge in [-0.2, -0.15) is 0 Å². The van der Waals surface area contributed by atoms with E-state index in [0.717, 1.165) is 15.3 Å². The molecule has 2 heterocycles. The van der Waals surface area contributed by atoms with Gasteiger partial charge in [-0.15, -0.1) is 0 Å². The van der Waals surface area contributed by atoms with E-state index in [2.05, 4.69) is 39.7 Å². The van der Waals surface area contributed by atoms with Crippen molar-refractivity contribution in [1.29, 1.82) is 0 Å². The van der Waals surface area contributed by atoms with Gasteiger partial charge in [-0.25, -0.2) is 4.98 Å². The fourth-order valence-electron chi connectivity index (χ4n) is 2.44. The van der Waals surface area contributed by atoms with Crippen LogP contribution in [0.5, 0.6) is 0 Å². The van der Waals surface area contributed by atoms with Crippen molar-refractivity contribution in [3.8, 4) is 0 Å². The van der Waals surface area contributed by atoms with Crippen LogP contribution in [0.3, 0.4) is 0 Å². The van der Waals surface area contributed by atoms with Crippen molar-refractivity contribution in [1.82, 2.24) is 4.98 Å². The largest absolute Gasteiger partial charge is 0.350 e. The number of pyridine rings is 1. The highest BCUT2D eigenvalue weighted by molar-refractivity contribution is 9.10. The van der Waals surface area contributed by atoms with Crippen molar-refractivity contribution >= 4 is 33.3 Å². The van der Waals surface area contributed by atoms with Crippen molar-refractivity contribution in [3.63, 3.8) is 0 Å². The van der Waals surface area contributed by atoms with E-state index >= 15 is 0 Å². The van der Waals surface area contributed by atoms with Gasteiger partial charge in [-0.1, -0.05) is 11.6 Å². The maximum Gasteiger partial charge on any atom is 0.147 e. The molecule has 1 fully saturated rings. The Morgan fingerprint density at radius 1 is 1.38 bits per heavy atom. The topological polar surface area (TPSA) is 16.1 Å². The zero-order valence-electron chi connectivity index (χ0n) is 9.58. The summed E-state index contributed by atoms with van der Waals surface area (Å²) in [4.78, 5) is 6.79. The van der Waals surface area contributed by atoms with Gasteiger partial charge in [0.2, 0.25) is 0 Å². The fraction of sp³-hybridized carbons (Fsp3) is 0.583. The van der Waals surface area contributed by atoms with E-state index < -0.39 is 0 Å². The van der Waals surface area contributed by atoms with Crippen molar-refractivity contribution in [2.24, 2.45) is 0 Å². The first kappa shape index (κ1) is 12.2. The summed E-state index contributed by atoms with van der Waals surface area (Å²) in [5, 5.41) is 0.731. The number of aromatic nitrogens is 1. The summed E-state index contributed by atoms with van der Waals surface area (Å²) in [6, 6.07) is 2.96. The van der Waals surface area contributed by atoms with Gasteiger partial charge < -0.3 is 4.90 Å². The minimum atomic E-state index is 0.523. The molecule has 0 unspecified atom stereocenters. The molecule has 0 aliphatic carbocycles. The summed E-state index contributed by atoms with van der Waals surface area (Å²) >= 11 is 9.64. The van der Waals surface area contributed by atoms with Crippen LogP contribution in [0.4, 0.5) is 5.82 Å². The standard InChI is InChI=1S/C12H16BrClN2/c1-8-4-3-5-9(2)16(8)12-11(14)6-10(13)7-15-12/h6-9H,3-5H2,1-2H3/t8-,9+. The van der Waals surface area contributed by atoms with Gasteiger partial charge in [-0.3, -0.25) is 0 Å². The van der Waals surface area contributed by atoms with Crippen molar-refractivity contribution in [2.45, 2.75) is 45.2 Å². The second kappa shape index (κ2) is 4.92. The highest BCUT2D eigenvalue weighted by Gasteiger charge is 2.27. The van der Waals surface area contributed by atoms with E-state index in [1.54, 1.807) is 0 Å². The Hall–Kier alpha value is -0.280. The summed E-state index contributed by atoms with van der Waals surface area (Å²) in [6.07, 6.45) is 5.55. The molecule has 2 rings (SSSR count). The van der Waals surface area contributed by atoms with Crippen molar-refractivity contribution < 1.29 is 0 Å². The highest BCUT2D eigenvalue weighted by Crippen LogP contribution is 2.33. The molecule has 1 aliphatic heterocycles. The molecule has 2 nitrogen and oxygen atoms in total. The molecule has 0 saturated carbocycles. The Morgan fingerprint density at radius 2 is 2.00 bits per heavy atom. The normalized spacial score (nSPS) is 25.9. The lowest BCUT2D eigenvalue weighted by atomic mass is 9.97. The third-order valence-corrected chi connectivity index (χ3v) is 3.94. The predicted molar refractivity (Wildman–Crippen MR) is 72.2 cm³/mol. The van der Waals surface area contributed by atoms with Gasteiger partial charge in [0.25, 0.3) is 0 Å². The van der Waals surface area contributed by atoms with E-state index in [1.807, 2.05) is 12.3 Å². The quantitative estimate of drug-likeness (QED) is 0.770. The van der Waals surface area contributed by atoms with Gasteiger partial charge in [0.15, 0.2) is 0 Å². The van der Waals surface area contributed by atoms with Crippen molar-refractivity contribution in [2.75, 3.05) is 4.90 Å². The van der Waals surface area contributed by atoms with E-state index in [4.69, 9.17) is 11.6 Å². The lowest BCUT2D eigenvalue weighted by Gasteiger charge is -2.40. The Bertz CT molecular complexity index is 373. The fourth-order valence-corrected chi connectivity index (χ4v) is 3.16. The van der Waals surface area contributed by atoms with Crippen LogP contribution in [0.15, 0.2) is 16.7 Å². The van der Waals surface area contributed by atoms with Crippen LogP contribution >= 0.6 is 27.5 Å². The first-order valence-electron chi connectivity index (χ1n) is 5.69. The molecule has 16 heavy (non-hydrogen) atoms. The van der Waals surface area contributed by atoms with E-state index in [1.165, 1.54) is 19.3 Å². The number of piperidine rings is 1. The van der Waals surface area contributed by atoms with E-state index in [0.29, 0.717) is 12.1 Å². The molecule has 0 radical (unpaired) electrons. The summed E-state index contributed by atoms with van der Waals surface area (Å²) in [7, 11) is 0. The molecule has 0 bridgehead atoms. The van der Waals surface area contributed by atoms with Gasteiger partial charge >= 0.3 is 0 Å². The van der Waals surface area contributed by atoms with Gasteiger partial charge in [0.05, 0.1) is 5.02 Å². The zero-order valence-corrected chi connectivity index (χ0v) is 11.9. The Morgan fingerprint density at radius 3 is 2.56 bits per heavy atom. The molecule has 1 aliphatic rings. The summed E-state index contributed by atoms with van der Waals surface area (Å²) < 4.78 is 0.929. The SMILES string of the molecule is C[C@@H]1CCC[C@H](C)N1c1ncc(Br)cc1Cl. The minimum absolute atomic E-state index is 0.523. The monoisotopic (exact) mass is 302 g/mol. The summed E-state index contributed by atoms with van der Waals surface area (Å²) in [5.41, 5.74) is 0. The average molecular weight is 304 g/mol. The zero-order chi connectivity index (χ0) is 11.7. The molecule has 0 amide bonds. The average Bonchev–Trinajstić information content (AvgIpc) is 2.20. The molecule has 0 spiro atoms. The van der Waals surface area contributed by atoms with Crippen LogP contribution < -0.4 is 4.90 Å². The van der Waals surface area contributed by atoms with Gasteiger partial charge in [-0.05, 0) is 55.1 Å².